The molecule has 1 fully saturated rings. The van der Waals surface area contributed by atoms with Crippen LogP contribution < -0.4 is 15.5 Å². The summed E-state index contributed by atoms with van der Waals surface area (Å²) >= 11 is 0. The molecule has 3 aromatic heterocycles. The van der Waals surface area contributed by atoms with Crippen LogP contribution in [0.25, 0.3) is 5.65 Å². The van der Waals surface area contributed by atoms with Crippen LogP contribution in [0.3, 0.4) is 0 Å². The lowest BCUT2D eigenvalue weighted by atomic mass is 10.0. The van der Waals surface area contributed by atoms with Crippen molar-refractivity contribution in [3.05, 3.63) is 54.1 Å². The number of hydrogen-bond acceptors (Lipinski definition) is 5. The van der Waals surface area contributed by atoms with Gasteiger partial charge in [-0.15, -0.1) is 0 Å². The number of hydrogen-bond donors (Lipinski definition) is 2. The monoisotopic (exact) mass is 364 g/mol. The van der Waals surface area contributed by atoms with E-state index in [0.29, 0.717) is 5.56 Å². The summed E-state index contributed by atoms with van der Waals surface area (Å²) in [5.74, 6) is 0.724. The zero-order valence-electron chi connectivity index (χ0n) is 15.9. The van der Waals surface area contributed by atoms with Crippen LogP contribution in [-0.4, -0.2) is 45.4 Å². The quantitative estimate of drug-likeness (QED) is 0.747. The zero-order chi connectivity index (χ0) is 19.0. The van der Waals surface area contributed by atoms with Crippen molar-refractivity contribution in [3.63, 3.8) is 0 Å². The molecule has 0 aromatic carbocycles. The molecular formula is C20H24N6O. The van der Waals surface area contributed by atoms with Gasteiger partial charge >= 0.3 is 0 Å². The Bertz CT molecular complexity index is 976. The van der Waals surface area contributed by atoms with E-state index in [1.165, 1.54) is 0 Å². The lowest BCUT2D eigenvalue weighted by Crippen LogP contribution is -2.57. The van der Waals surface area contributed by atoms with Crippen LogP contribution in [0.15, 0.2) is 42.9 Å². The van der Waals surface area contributed by atoms with Crippen molar-refractivity contribution in [2.24, 2.45) is 0 Å². The fourth-order valence-corrected chi connectivity index (χ4v) is 3.44. The summed E-state index contributed by atoms with van der Waals surface area (Å²) in [6.45, 7) is 9.02. The normalized spacial score (nSPS) is 16.5. The van der Waals surface area contributed by atoms with Gasteiger partial charge in [-0.25, -0.2) is 9.97 Å². The van der Waals surface area contributed by atoms with Gasteiger partial charge in [-0.05, 0) is 45.0 Å². The molecule has 2 N–H and O–H groups in total. The average molecular weight is 364 g/mol. The second-order valence-electron chi connectivity index (χ2n) is 7.66. The molecule has 0 saturated carbocycles. The summed E-state index contributed by atoms with van der Waals surface area (Å²) in [6.07, 6.45) is 5.42. The summed E-state index contributed by atoms with van der Waals surface area (Å²) in [4.78, 5) is 23.7. The molecule has 4 rings (SSSR count). The summed E-state index contributed by atoms with van der Waals surface area (Å²) in [5.41, 5.74) is 3.11. The standard InChI is InChI=1S/C20H24N6O/c1-14-11-26-12-16(5-7-18(26)23-14)24-19(27)15-4-6-17(21-10-15)25-9-8-22-20(2,3)13-25/h4-7,10-12,22H,8-9,13H2,1-3H3,(H,24,27). The number of fused-ring (bicyclic) bond motifs is 1. The minimum absolute atomic E-state index is 0.0559. The smallest absolute Gasteiger partial charge is 0.257 e. The second-order valence-corrected chi connectivity index (χ2v) is 7.66. The van der Waals surface area contributed by atoms with Gasteiger partial charge in [-0.2, -0.15) is 0 Å². The molecule has 1 aliphatic rings. The van der Waals surface area contributed by atoms with Gasteiger partial charge in [0.15, 0.2) is 0 Å². The minimum atomic E-state index is -0.175. The van der Waals surface area contributed by atoms with E-state index in [4.69, 9.17) is 0 Å². The molecule has 0 atom stereocenters. The molecular weight excluding hydrogens is 340 g/mol. The van der Waals surface area contributed by atoms with Crippen molar-refractivity contribution in [3.8, 4) is 0 Å². The predicted octanol–water partition coefficient (Wildman–Crippen LogP) is 2.48. The number of imidazole rings is 1. The van der Waals surface area contributed by atoms with E-state index in [0.717, 1.165) is 42.5 Å². The highest BCUT2D eigenvalue weighted by molar-refractivity contribution is 6.04. The SMILES string of the molecule is Cc1cn2cc(NC(=O)c3ccc(N4CCNC(C)(C)C4)nc3)ccc2n1. The fourth-order valence-electron chi connectivity index (χ4n) is 3.44. The van der Waals surface area contributed by atoms with Gasteiger partial charge < -0.3 is 19.9 Å². The van der Waals surface area contributed by atoms with E-state index in [1.807, 2.05) is 48.0 Å². The molecule has 3 aromatic rings. The Morgan fingerprint density at radius 1 is 1.22 bits per heavy atom. The van der Waals surface area contributed by atoms with Crippen molar-refractivity contribution < 1.29 is 4.79 Å². The van der Waals surface area contributed by atoms with Gasteiger partial charge in [0, 0.05) is 43.8 Å². The predicted molar refractivity (Wildman–Crippen MR) is 106 cm³/mol. The molecule has 1 amide bonds. The number of aryl methyl sites for hydroxylation is 1. The largest absolute Gasteiger partial charge is 0.354 e. The Balaban J connectivity index is 1.47. The minimum Gasteiger partial charge on any atom is -0.354 e. The molecule has 0 aliphatic carbocycles. The summed E-state index contributed by atoms with van der Waals surface area (Å²) < 4.78 is 1.90. The van der Waals surface area contributed by atoms with E-state index in [1.54, 1.807) is 6.20 Å². The van der Waals surface area contributed by atoms with Crippen LogP contribution in [0, 0.1) is 6.92 Å². The van der Waals surface area contributed by atoms with Crippen molar-refractivity contribution in [1.82, 2.24) is 19.7 Å². The Morgan fingerprint density at radius 2 is 2.07 bits per heavy atom. The van der Waals surface area contributed by atoms with Crippen LogP contribution in [0.4, 0.5) is 11.5 Å². The Hall–Kier alpha value is -2.93. The van der Waals surface area contributed by atoms with Gasteiger partial charge in [-0.3, -0.25) is 4.79 Å². The van der Waals surface area contributed by atoms with Crippen LogP contribution >= 0.6 is 0 Å². The van der Waals surface area contributed by atoms with E-state index in [9.17, 15) is 4.79 Å². The Kier molecular flexibility index (Phi) is 4.31. The van der Waals surface area contributed by atoms with Crippen molar-refractivity contribution in [2.75, 3.05) is 29.9 Å². The number of amides is 1. The van der Waals surface area contributed by atoms with Gasteiger partial charge in [0.25, 0.3) is 5.91 Å². The first kappa shape index (κ1) is 17.5. The first-order chi connectivity index (χ1) is 12.9. The third-order valence-corrected chi connectivity index (χ3v) is 4.73. The highest BCUT2D eigenvalue weighted by atomic mass is 16.1. The summed E-state index contributed by atoms with van der Waals surface area (Å²) in [5, 5.41) is 6.41. The maximum atomic E-state index is 12.5. The molecule has 0 unspecified atom stereocenters. The molecule has 7 nitrogen and oxygen atoms in total. The van der Waals surface area contributed by atoms with Crippen molar-refractivity contribution >= 4 is 23.1 Å². The second kappa shape index (κ2) is 6.66. The highest BCUT2D eigenvalue weighted by Crippen LogP contribution is 2.18. The molecule has 140 valence electrons. The number of carbonyl (C=O) groups excluding carboxylic acids is 1. The molecule has 7 heteroatoms. The topological polar surface area (TPSA) is 74.6 Å². The number of carbonyl (C=O) groups is 1. The lowest BCUT2D eigenvalue weighted by Gasteiger charge is -2.39. The van der Waals surface area contributed by atoms with Gasteiger partial charge in [-0.1, -0.05) is 0 Å². The van der Waals surface area contributed by atoms with Crippen molar-refractivity contribution in [2.45, 2.75) is 26.3 Å². The van der Waals surface area contributed by atoms with E-state index in [2.05, 4.69) is 39.3 Å². The first-order valence-electron chi connectivity index (χ1n) is 9.12. The van der Waals surface area contributed by atoms with Crippen LogP contribution in [-0.2, 0) is 0 Å². The zero-order valence-corrected chi connectivity index (χ0v) is 15.9. The van der Waals surface area contributed by atoms with E-state index < -0.39 is 0 Å². The van der Waals surface area contributed by atoms with Crippen LogP contribution in [0.2, 0.25) is 0 Å². The maximum absolute atomic E-state index is 12.5. The number of nitrogens with zero attached hydrogens (tertiary/aromatic N) is 4. The third kappa shape index (κ3) is 3.78. The van der Waals surface area contributed by atoms with Gasteiger partial charge in [0.05, 0.1) is 16.9 Å². The molecule has 1 aliphatic heterocycles. The third-order valence-electron chi connectivity index (χ3n) is 4.73. The lowest BCUT2D eigenvalue weighted by molar-refractivity contribution is 0.102. The first-order valence-corrected chi connectivity index (χ1v) is 9.12. The number of piperazine rings is 1. The number of rotatable bonds is 3. The Labute approximate surface area is 158 Å². The van der Waals surface area contributed by atoms with Gasteiger partial charge in [0.1, 0.15) is 11.5 Å². The van der Waals surface area contributed by atoms with E-state index >= 15 is 0 Å². The fraction of sp³-hybridized carbons (Fsp3) is 0.350. The molecule has 27 heavy (non-hydrogen) atoms. The Morgan fingerprint density at radius 3 is 2.81 bits per heavy atom. The maximum Gasteiger partial charge on any atom is 0.257 e. The average Bonchev–Trinajstić information content (AvgIpc) is 3.00. The number of pyridine rings is 2. The van der Waals surface area contributed by atoms with Crippen LogP contribution in [0.5, 0.6) is 0 Å². The molecule has 0 bridgehead atoms. The summed E-state index contributed by atoms with van der Waals surface area (Å²) in [6, 6.07) is 7.48. The summed E-state index contributed by atoms with van der Waals surface area (Å²) in [7, 11) is 0. The molecule has 1 saturated heterocycles. The van der Waals surface area contributed by atoms with Crippen LogP contribution in [0.1, 0.15) is 29.9 Å². The number of aromatic nitrogens is 3. The van der Waals surface area contributed by atoms with E-state index in [-0.39, 0.29) is 11.4 Å². The van der Waals surface area contributed by atoms with Gasteiger partial charge in [0.2, 0.25) is 0 Å². The molecule has 0 radical (unpaired) electrons. The molecule has 4 heterocycles. The molecule has 0 spiro atoms. The highest BCUT2D eigenvalue weighted by Gasteiger charge is 2.26. The number of nitrogens with one attached hydrogen (secondary N) is 2. The number of anilines is 2. The van der Waals surface area contributed by atoms with Crippen molar-refractivity contribution in [1.29, 1.82) is 0 Å².